The van der Waals surface area contributed by atoms with Gasteiger partial charge in [-0.1, -0.05) is 29.8 Å². The summed E-state index contributed by atoms with van der Waals surface area (Å²) in [6.07, 6.45) is 0. The molecule has 1 saturated heterocycles. The van der Waals surface area contributed by atoms with Gasteiger partial charge in [-0.25, -0.2) is 4.98 Å². The minimum atomic E-state index is -0.105. The van der Waals surface area contributed by atoms with Crippen molar-refractivity contribution in [2.24, 2.45) is 7.05 Å². The summed E-state index contributed by atoms with van der Waals surface area (Å²) in [5.74, 6) is 0.493. The van der Waals surface area contributed by atoms with E-state index in [0.717, 1.165) is 16.6 Å². The van der Waals surface area contributed by atoms with Crippen molar-refractivity contribution in [1.29, 1.82) is 0 Å². The molecule has 0 atom stereocenters. The fourth-order valence-corrected chi connectivity index (χ4v) is 3.47. The van der Waals surface area contributed by atoms with Crippen molar-refractivity contribution in [3.05, 3.63) is 70.0 Å². The first-order valence-electron chi connectivity index (χ1n) is 9.11. The Bertz CT molecular complexity index is 1050. The van der Waals surface area contributed by atoms with Crippen LogP contribution < -0.4 is 10.5 Å². The Hall–Kier alpha value is -3.15. The summed E-state index contributed by atoms with van der Waals surface area (Å²) in [7, 11) is 1.77. The van der Waals surface area contributed by atoms with Crippen LogP contribution in [0, 0.1) is 6.92 Å². The number of amides is 1. The third-order valence-corrected chi connectivity index (χ3v) is 5.13. The van der Waals surface area contributed by atoms with E-state index in [-0.39, 0.29) is 11.5 Å². The molecule has 2 aromatic carbocycles. The molecule has 0 N–H and O–H groups in total. The minimum Gasteiger partial charge on any atom is -0.348 e. The van der Waals surface area contributed by atoms with Gasteiger partial charge in [0.05, 0.1) is 11.0 Å². The number of nitrogens with zero attached hydrogens (tertiary/aromatic N) is 4. The average Bonchev–Trinajstić information content (AvgIpc) is 2.71. The number of piperazine rings is 1. The van der Waals surface area contributed by atoms with Crippen molar-refractivity contribution in [2.45, 2.75) is 6.92 Å². The molecule has 2 heterocycles. The van der Waals surface area contributed by atoms with Gasteiger partial charge in [-0.2, -0.15) is 0 Å². The molecule has 1 aliphatic heterocycles. The zero-order chi connectivity index (χ0) is 19.0. The van der Waals surface area contributed by atoms with E-state index in [1.165, 1.54) is 0 Å². The lowest BCUT2D eigenvalue weighted by Gasteiger charge is -2.35. The summed E-state index contributed by atoms with van der Waals surface area (Å²) >= 11 is 0. The summed E-state index contributed by atoms with van der Waals surface area (Å²) in [5, 5.41) is 0. The van der Waals surface area contributed by atoms with Gasteiger partial charge in [-0.15, -0.1) is 0 Å². The van der Waals surface area contributed by atoms with Crippen molar-refractivity contribution in [3.8, 4) is 0 Å². The summed E-state index contributed by atoms with van der Waals surface area (Å²) in [5.41, 5.74) is 3.35. The third kappa shape index (κ3) is 3.18. The number of aryl methyl sites for hydroxylation is 2. The summed E-state index contributed by atoms with van der Waals surface area (Å²) in [4.78, 5) is 33.8. The van der Waals surface area contributed by atoms with Crippen LogP contribution in [0.2, 0.25) is 0 Å². The van der Waals surface area contributed by atoms with E-state index in [9.17, 15) is 9.59 Å². The van der Waals surface area contributed by atoms with Gasteiger partial charge in [0, 0.05) is 38.8 Å². The van der Waals surface area contributed by atoms with Crippen LogP contribution in [0.5, 0.6) is 0 Å². The molecule has 27 heavy (non-hydrogen) atoms. The molecule has 1 aromatic heterocycles. The van der Waals surface area contributed by atoms with Crippen LogP contribution in [0.3, 0.4) is 0 Å². The van der Waals surface area contributed by atoms with E-state index in [2.05, 4.69) is 4.98 Å². The van der Waals surface area contributed by atoms with Gasteiger partial charge in [0.1, 0.15) is 0 Å². The van der Waals surface area contributed by atoms with Crippen LogP contribution in [-0.4, -0.2) is 46.5 Å². The van der Waals surface area contributed by atoms with Crippen LogP contribution in [0.15, 0.2) is 53.3 Å². The molecule has 0 bridgehead atoms. The van der Waals surface area contributed by atoms with Gasteiger partial charge in [-0.3, -0.25) is 9.59 Å². The predicted octanol–water partition coefficient (Wildman–Crippen LogP) is 2.20. The summed E-state index contributed by atoms with van der Waals surface area (Å²) < 4.78 is 1.64. The van der Waals surface area contributed by atoms with Crippen molar-refractivity contribution in [2.75, 3.05) is 31.1 Å². The zero-order valence-corrected chi connectivity index (χ0v) is 15.6. The second-order valence-electron chi connectivity index (χ2n) is 6.93. The number of fused-ring (bicyclic) bond motifs is 1. The van der Waals surface area contributed by atoms with Crippen LogP contribution in [-0.2, 0) is 7.05 Å². The molecule has 0 unspecified atom stereocenters. The number of aromatic nitrogens is 2. The SMILES string of the molecule is Cc1ccc(C(=O)N2CCN(c3nc4ccccc4n(C)c3=O)CC2)cc1. The zero-order valence-electron chi connectivity index (χ0n) is 15.6. The topological polar surface area (TPSA) is 58.4 Å². The Morgan fingerprint density at radius 1 is 0.963 bits per heavy atom. The highest BCUT2D eigenvalue weighted by atomic mass is 16.2. The Morgan fingerprint density at radius 3 is 2.33 bits per heavy atom. The molecule has 6 heteroatoms. The molecule has 4 rings (SSSR count). The maximum atomic E-state index is 12.7. The number of benzene rings is 2. The van der Waals surface area contributed by atoms with Gasteiger partial charge in [0.15, 0.2) is 5.82 Å². The number of rotatable bonds is 2. The highest BCUT2D eigenvalue weighted by Gasteiger charge is 2.25. The van der Waals surface area contributed by atoms with Gasteiger partial charge in [0.2, 0.25) is 0 Å². The number of hydrogen-bond donors (Lipinski definition) is 0. The Morgan fingerprint density at radius 2 is 1.63 bits per heavy atom. The highest BCUT2D eigenvalue weighted by Crippen LogP contribution is 2.16. The molecule has 6 nitrogen and oxygen atoms in total. The molecule has 1 aliphatic rings. The number of para-hydroxylation sites is 2. The van der Waals surface area contributed by atoms with E-state index < -0.39 is 0 Å². The summed E-state index contributed by atoms with van der Waals surface area (Å²) in [6, 6.07) is 15.3. The Labute approximate surface area is 157 Å². The summed E-state index contributed by atoms with van der Waals surface area (Å²) in [6.45, 7) is 4.34. The number of carbonyl (C=O) groups is 1. The predicted molar refractivity (Wildman–Crippen MR) is 106 cm³/mol. The molecule has 0 radical (unpaired) electrons. The van der Waals surface area contributed by atoms with Gasteiger partial charge in [0.25, 0.3) is 11.5 Å². The van der Waals surface area contributed by atoms with E-state index in [0.29, 0.717) is 37.6 Å². The molecule has 1 amide bonds. The standard InChI is InChI=1S/C21H22N4O2/c1-15-7-9-16(10-8-15)20(26)25-13-11-24(12-14-25)19-21(27)23(2)18-6-4-3-5-17(18)22-19/h3-10H,11-14H2,1-2H3. The van der Waals surface area contributed by atoms with Crippen LogP contribution in [0.1, 0.15) is 15.9 Å². The molecule has 138 valence electrons. The quantitative estimate of drug-likeness (QED) is 0.701. The monoisotopic (exact) mass is 362 g/mol. The Kier molecular flexibility index (Phi) is 4.39. The molecule has 1 fully saturated rings. The number of carbonyl (C=O) groups excluding carboxylic acids is 1. The average molecular weight is 362 g/mol. The van der Waals surface area contributed by atoms with Crippen molar-refractivity contribution < 1.29 is 4.79 Å². The fourth-order valence-electron chi connectivity index (χ4n) is 3.47. The van der Waals surface area contributed by atoms with E-state index in [1.807, 2.05) is 65.3 Å². The molecule has 0 saturated carbocycles. The van der Waals surface area contributed by atoms with Crippen LogP contribution in [0.25, 0.3) is 11.0 Å². The van der Waals surface area contributed by atoms with E-state index in [4.69, 9.17) is 0 Å². The smallest absolute Gasteiger partial charge is 0.293 e. The lowest BCUT2D eigenvalue weighted by molar-refractivity contribution is 0.0746. The van der Waals surface area contributed by atoms with Gasteiger partial charge >= 0.3 is 0 Å². The van der Waals surface area contributed by atoms with Gasteiger partial charge in [-0.05, 0) is 31.2 Å². The van der Waals surface area contributed by atoms with Crippen LogP contribution in [0.4, 0.5) is 5.82 Å². The fraction of sp³-hybridized carbons (Fsp3) is 0.286. The molecular weight excluding hydrogens is 340 g/mol. The highest BCUT2D eigenvalue weighted by molar-refractivity contribution is 5.94. The number of hydrogen-bond acceptors (Lipinski definition) is 4. The second kappa shape index (κ2) is 6.87. The lowest BCUT2D eigenvalue weighted by Crippen LogP contribution is -2.50. The molecule has 0 spiro atoms. The number of anilines is 1. The normalized spacial score (nSPS) is 14.6. The first-order chi connectivity index (χ1) is 13.0. The largest absolute Gasteiger partial charge is 0.348 e. The Balaban J connectivity index is 1.53. The minimum absolute atomic E-state index is 0.0361. The van der Waals surface area contributed by atoms with E-state index >= 15 is 0 Å². The van der Waals surface area contributed by atoms with Crippen molar-refractivity contribution >= 4 is 22.8 Å². The third-order valence-electron chi connectivity index (χ3n) is 5.13. The lowest BCUT2D eigenvalue weighted by atomic mass is 10.1. The van der Waals surface area contributed by atoms with Crippen molar-refractivity contribution in [1.82, 2.24) is 14.5 Å². The van der Waals surface area contributed by atoms with E-state index in [1.54, 1.807) is 11.6 Å². The van der Waals surface area contributed by atoms with Crippen molar-refractivity contribution in [3.63, 3.8) is 0 Å². The van der Waals surface area contributed by atoms with Gasteiger partial charge < -0.3 is 14.4 Å². The maximum absolute atomic E-state index is 12.7. The molecule has 3 aromatic rings. The molecular formula is C21H22N4O2. The van der Waals surface area contributed by atoms with Crippen LogP contribution >= 0.6 is 0 Å². The molecule has 0 aliphatic carbocycles. The maximum Gasteiger partial charge on any atom is 0.293 e. The second-order valence-corrected chi connectivity index (χ2v) is 6.93. The first-order valence-corrected chi connectivity index (χ1v) is 9.11. The first kappa shape index (κ1) is 17.3.